The Labute approximate surface area is 136 Å². The number of piperidine rings is 1. The van der Waals surface area contributed by atoms with Gasteiger partial charge in [0.15, 0.2) is 5.69 Å². The number of hydrogen-bond donors (Lipinski definition) is 2. The molecule has 1 unspecified atom stereocenters. The standard InChI is InChI=1S/C15H16F3N5O/c16-15(17,18)10-3-1-5-12(7-10)23-9-13(21-22-23)14(24)20-11-4-2-6-19-8-11/h1,3,5,7,9,11,19H,2,4,6,8H2,(H,20,24). The Morgan fingerprint density at radius 1 is 1.38 bits per heavy atom. The zero-order chi connectivity index (χ0) is 17.2. The zero-order valence-electron chi connectivity index (χ0n) is 12.7. The number of nitrogens with zero attached hydrogens (tertiary/aromatic N) is 3. The number of hydrogen-bond acceptors (Lipinski definition) is 4. The molecule has 1 fully saturated rings. The summed E-state index contributed by atoms with van der Waals surface area (Å²) in [6, 6.07) is 4.71. The van der Waals surface area contributed by atoms with E-state index in [4.69, 9.17) is 0 Å². The Kier molecular flexibility index (Phi) is 4.52. The van der Waals surface area contributed by atoms with E-state index >= 15 is 0 Å². The second-order valence-electron chi connectivity index (χ2n) is 5.61. The van der Waals surface area contributed by atoms with Gasteiger partial charge >= 0.3 is 6.18 Å². The molecule has 0 aliphatic carbocycles. The number of amides is 1. The molecule has 0 spiro atoms. The van der Waals surface area contributed by atoms with Crippen LogP contribution in [0.15, 0.2) is 30.5 Å². The quantitative estimate of drug-likeness (QED) is 0.894. The molecule has 128 valence electrons. The molecule has 1 aliphatic rings. The molecule has 1 aliphatic heterocycles. The molecule has 0 radical (unpaired) electrons. The number of halogens is 3. The summed E-state index contributed by atoms with van der Waals surface area (Å²) in [5, 5.41) is 13.5. The van der Waals surface area contributed by atoms with Crippen LogP contribution in [-0.2, 0) is 6.18 Å². The predicted octanol–water partition coefficient (Wildman–Crippen LogP) is 1.77. The first-order valence-electron chi connectivity index (χ1n) is 7.55. The number of benzene rings is 1. The SMILES string of the molecule is O=C(NC1CCCNC1)c1cn(-c2cccc(C(F)(F)F)c2)nn1. The van der Waals surface area contributed by atoms with Gasteiger partial charge in [0.05, 0.1) is 17.4 Å². The largest absolute Gasteiger partial charge is 0.416 e. The molecule has 2 N–H and O–H groups in total. The van der Waals surface area contributed by atoms with E-state index < -0.39 is 11.7 Å². The summed E-state index contributed by atoms with van der Waals surface area (Å²) in [6.07, 6.45) is -1.27. The summed E-state index contributed by atoms with van der Waals surface area (Å²) in [5.41, 5.74) is -0.525. The molecule has 3 rings (SSSR count). The van der Waals surface area contributed by atoms with E-state index in [1.807, 2.05) is 0 Å². The lowest BCUT2D eigenvalue weighted by atomic mass is 10.1. The van der Waals surface area contributed by atoms with Crippen molar-refractivity contribution in [3.05, 3.63) is 41.7 Å². The molecular formula is C15H16F3N5O. The van der Waals surface area contributed by atoms with Crippen LogP contribution in [0.5, 0.6) is 0 Å². The Hall–Kier alpha value is -2.42. The van der Waals surface area contributed by atoms with Gasteiger partial charge in [-0.15, -0.1) is 5.10 Å². The van der Waals surface area contributed by atoms with Crippen LogP contribution in [0, 0.1) is 0 Å². The van der Waals surface area contributed by atoms with Gasteiger partial charge in [-0.3, -0.25) is 4.79 Å². The number of nitrogens with one attached hydrogen (secondary N) is 2. The van der Waals surface area contributed by atoms with Gasteiger partial charge in [-0.1, -0.05) is 11.3 Å². The first-order valence-corrected chi connectivity index (χ1v) is 7.55. The molecule has 1 saturated heterocycles. The Morgan fingerprint density at radius 3 is 2.92 bits per heavy atom. The molecule has 1 amide bonds. The summed E-state index contributed by atoms with van der Waals surface area (Å²) < 4.78 is 39.4. The van der Waals surface area contributed by atoms with Crippen LogP contribution in [0.4, 0.5) is 13.2 Å². The van der Waals surface area contributed by atoms with Crippen molar-refractivity contribution >= 4 is 5.91 Å². The average Bonchev–Trinajstić information content (AvgIpc) is 3.05. The lowest BCUT2D eigenvalue weighted by Gasteiger charge is -2.23. The number of carbonyl (C=O) groups is 1. The molecule has 2 heterocycles. The molecule has 9 heteroatoms. The smallest absolute Gasteiger partial charge is 0.347 e. The van der Waals surface area contributed by atoms with Crippen molar-refractivity contribution in [2.24, 2.45) is 0 Å². The molecule has 2 aromatic rings. The summed E-state index contributed by atoms with van der Waals surface area (Å²) in [4.78, 5) is 12.1. The van der Waals surface area contributed by atoms with Crippen molar-refractivity contribution in [2.75, 3.05) is 13.1 Å². The van der Waals surface area contributed by atoms with Crippen molar-refractivity contribution in [1.29, 1.82) is 0 Å². The van der Waals surface area contributed by atoms with E-state index in [0.717, 1.165) is 36.2 Å². The van der Waals surface area contributed by atoms with Gasteiger partial charge in [0.2, 0.25) is 0 Å². The number of rotatable bonds is 3. The highest BCUT2D eigenvalue weighted by atomic mass is 19.4. The van der Waals surface area contributed by atoms with Crippen LogP contribution in [-0.4, -0.2) is 40.0 Å². The van der Waals surface area contributed by atoms with Gasteiger partial charge in [0.1, 0.15) is 0 Å². The van der Waals surface area contributed by atoms with E-state index in [1.54, 1.807) is 0 Å². The van der Waals surface area contributed by atoms with E-state index in [0.29, 0.717) is 6.54 Å². The van der Waals surface area contributed by atoms with Gasteiger partial charge in [-0.25, -0.2) is 4.68 Å². The fraction of sp³-hybridized carbons (Fsp3) is 0.400. The van der Waals surface area contributed by atoms with Crippen molar-refractivity contribution < 1.29 is 18.0 Å². The van der Waals surface area contributed by atoms with E-state index in [9.17, 15) is 18.0 Å². The fourth-order valence-electron chi connectivity index (χ4n) is 2.55. The lowest BCUT2D eigenvalue weighted by molar-refractivity contribution is -0.137. The lowest BCUT2D eigenvalue weighted by Crippen LogP contribution is -2.45. The maximum atomic E-state index is 12.8. The summed E-state index contributed by atoms with van der Waals surface area (Å²) >= 11 is 0. The monoisotopic (exact) mass is 339 g/mol. The van der Waals surface area contributed by atoms with Crippen molar-refractivity contribution in [2.45, 2.75) is 25.1 Å². The molecule has 1 aromatic carbocycles. The predicted molar refractivity (Wildman–Crippen MR) is 79.7 cm³/mol. The topological polar surface area (TPSA) is 71.8 Å². The molecule has 1 atom stereocenters. The van der Waals surface area contributed by atoms with Gasteiger partial charge < -0.3 is 10.6 Å². The maximum absolute atomic E-state index is 12.8. The third kappa shape index (κ3) is 3.73. The number of alkyl halides is 3. The maximum Gasteiger partial charge on any atom is 0.416 e. The van der Waals surface area contributed by atoms with Crippen molar-refractivity contribution in [3.63, 3.8) is 0 Å². The normalized spacial score (nSPS) is 18.4. The third-order valence-corrected chi connectivity index (χ3v) is 3.80. The molecule has 0 saturated carbocycles. The summed E-state index contributed by atoms with van der Waals surface area (Å²) in [6.45, 7) is 1.62. The molecule has 24 heavy (non-hydrogen) atoms. The fourth-order valence-corrected chi connectivity index (χ4v) is 2.55. The van der Waals surface area contributed by atoms with Gasteiger partial charge in [-0.05, 0) is 37.6 Å². The summed E-state index contributed by atoms with van der Waals surface area (Å²) in [5.74, 6) is -0.387. The number of aromatic nitrogens is 3. The first kappa shape index (κ1) is 16.4. The average molecular weight is 339 g/mol. The Morgan fingerprint density at radius 2 is 2.21 bits per heavy atom. The van der Waals surface area contributed by atoms with Crippen LogP contribution >= 0.6 is 0 Å². The summed E-state index contributed by atoms with van der Waals surface area (Å²) in [7, 11) is 0. The minimum atomic E-state index is -4.44. The van der Waals surface area contributed by atoms with E-state index in [1.165, 1.54) is 18.3 Å². The second kappa shape index (κ2) is 6.60. The van der Waals surface area contributed by atoms with Crippen molar-refractivity contribution in [1.82, 2.24) is 25.6 Å². The van der Waals surface area contributed by atoms with Crippen LogP contribution in [0.25, 0.3) is 5.69 Å². The van der Waals surface area contributed by atoms with E-state index in [-0.39, 0.29) is 23.3 Å². The second-order valence-corrected chi connectivity index (χ2v) is 5.61. The minimum absolute atomic E-state index is 0.0185. The van der Waals surface area contributed by atoms with Crippen LogP contribution in [0.3, 0.4) is 0 Å². The molecule has 0 bridgehead atoms. The van der Waals surface area contributed by atoms with Gasteiger partial charge in [0, 0.05) is 12.6 Å². The molecular weight excluding hydrogens is 323 g/mol. The Balaban J connectivity index is 1.74. The Bertz CT molecular complexity index is 722. The van der Waals surface area contributed by atoms with Crippen LogP contribution < -0.4 is 10.6 Å². The number of carbonyl (C=O) groups excluding carboxylic acids is 1. The van der Waals surface area contributed by atoms with Crippen LogP contribution in [0.1, 0.15) is 28.9 Å². The first-order chi connectivity index (χ1) is 11.4. The molecule has 6 nitrogen and oxygen atoms in total. The highest BCUT2D eigenvalue weighted by molar-refractivity contribution is 5.92. The third-order valence-electron chi connectivity index (χ3n) is 3.80. The van der Waals surface area contributed by atoms with Crippen LogP contribution in [0.2, 0.25) is 0 Å². The van der Waals surface area contributed by atoms with Crippen molar-refractivity contribution in [3.8, 4) is 5.69 Å². The minimum Gasteiger partial charge on any atom is -0.347 e. The highest BCUT2D eigenvalue weighted by Crippen LogP contribution is 2.30. The highest BCUT2D eigenvalue weighted by Gasteiger charge is 2.30. The van der Waals surface area contributed by atoms with Gasteiger partial charge in [-0.2, -0.15) is 13.2 Å². The molecule has 1 aromatic heterocycles. The zero-order valence-corrected chi connectivity index (χ0v) is 12.7. The van der Waals surface area contributed by atoms with Gasteiger partial charge in [0.25, 0.3) is 5.91 Å². The van der Waals surface area contributed by atoms with E-state index in [2.05, 4.69) is 20.9 Å².